The Hall–Kier alpha value is -2.74. The summed E-state index contributed by atoms with van der Waals surface area (Å²) in [5, 5.41) is 2.87. The molecule has 0 spiro atoms. The summed E-state index contributed by atoms with van der Waals surface area (Å²) in [6.45, 7) is 3.00. The van der Waals surface area contributed by atoms with Gasteiger partial charge in [-0.3, -0.25) is 4.79 Å². The van der Waals surface area contributed by atoms with Crippen LogP contribution in [0.5, 0.6) is 0 Å². The second-order valence-corrected chi connectivity index (χ2v) is 9.05. The molecule has 6 nitrogen and oxygen atoms in total. The SMILES string of the molecule is Cc1ccc(CNC(=O)C2CCCN(C3=NS(=O)(=O)c4ccccc43)C2)cc1F. The Morgan fingerprint density at radius 2 is 2.07 bits per heavy atom. The number of amides is 1. The molecule has 1 amide bonds. The standard InChI is InChI=1S/C21H22FN3O3S/c1-14-8-9-15(11-18(14)22)12-23-21(26)16-5-4-10-25(13-16)20-17-6-2-3-7-19(17)29(27,28)24-20/h2-3,6-9,11,16H,4-5,10,12-13H2,1H3,(H,23,26). The van der Waals surface area contributed by atoms with Crippen molar-refractivity contribution in [3.05, 3.63) is 65.0 Å². The third-order valence-electron chi connectivity index (χ3n) is 5.41. The average molecular weight is 415 g/mol. The molecule has 1 fully saturated rings. The van der Waals surface area contributed by atoms with Crippen LogP contribution in [0.2, 0.25) is 0 Å². The van der Waals surface area contributed by atoms with Crippen molar-refractivity contribution in [3.8, 4) is 0 Å². The van der Waals surface area contributed by atoms with Gasteiger partial charge < -0.3 is 10.2 Å². The molecule has 2 aromatic rings. The highest BCUT2D eigenvalue weighted by Crippen LogP contribution is 2.29. The van der Waals surface area contributed by atoms with E-state index in [1.54, 1.807) is 43.3 Å². The molecule has 152 valence electrons. The summed E-state index contributed by atoms with van der Waals surface area (Å²) in [6.07, 6.45) is 1.48. The number of nitrogens with one attached hydrogen (secondary N) is 1. The minimum absolute atomic E-state index is 0.120. The van der Waals surface area contributed by atoms with Crippen LogP contribution in [0.1, 0.15) is 29.5 Å². The van der Waals surface area contributed by atoms with Gasteiger partial charge in [-0.25, -0.2) is 4.39 Å². The lowest BCUT2D eigenvalue weighted by Crippen LogP contribution is -2.45. The van der Waals surface area contributed by atoms with E-state index in [4.69, 9.17) is 0 Å². The number of carbonyl (C=O) groups excluding carboxylic acids is 1. The Morgan fingerprint density at radius 3 is 2.86 bits per heavy atom. The van der Waals surface area contributed by atoms with Crippen LogP contribution >= 0.6 is 0 Å². The largest absolute Gasteiger partial charge is 0.355 e. The number of hydrogen-bond acceptors (Lipinski definition) is 4. The van der Waals surface area contributed by atoms with Gasteiger partial charge in [0.25, 0.3) is 10.0 Å². The second kappa shape index (κ2) is 7.59. The second-order valence-electron chi connectivity index (χ2n) is 7.47. The molecule has 0 aliphatic carbocycles. The molecule has 0 aromatic heterocycles. The Labute approximate surface area is 169 Å². The maximum atomic E-state index is 13.7. The molecule has 2 aliphatic rings. The lowest BCUT2D eigenvalue weighted by Gasteiger charge is -2.33. The summed E-state index contributed by atoms with van der Waals surface area (Å²) in [4.78, 5) is 14.8. The molecule has 8 heteroatoms. The lowest BCUT2D eigenvalue weighted by atomic mass is 9.96. The fraction of sp³-hybridized carbons (Fsp3) is 0.333. The van der Waals surface area contributed by atoms with Crippen LogP contribution in [-0.2, 0) is 21.4 Å². The number of halogens is 1. The topological polar surface area (TPSA) is 78.8 Å². The van der Waals surface area contributed by atoms with E-state index in [-0.39, 0.29) is 29.1 Å². The Bertz CT molecular complexity index is 1100. The van der Waals surface area contributed by atoms with Crippen molar-refractivity contribution in [2.75, 3.05) is 13.1 Å². The van der Waals surface area contributed by atoms with Crippen LogP contribution in [-0.4, -0.2) is 38.2 Å². The zero-order chi connectivity index (χ0) is 20.6. The van der Waals surface area contributed by atoms with E-state index in [1.807, 2.05) is 4.90 Å². The fourth-order valence-electron chi connectivity index (χ4n) is 3.78. The van der Waals surface area contributed by atoms with Gasteiger partial charge in [-0.05, 0) is 49.1 Å². The highest BCUT2D eigenvalue weighted by atomic mass is 32.2. The normalized spacial score (nSPS) is 20.1. The molecule has 2 aromatic carbocycles. The zero-order valence-electron chi connectivity index (χ0n) is 16.1. The van der Waals surface area contributed by atoms with Crippen molar-refractivity contribution in [2.45, 2.75) is 31.2 Å². The number of rotatable bonds is 3. The molecular weight excluding hydrogens is 393 g/mol. The van der Waals surface area contributed by atoms with Gasteiger partial charge in [-0.1, -0.05) is 24.3 Å². The van der Waals surface area contributed by atoms with Crippen LogP contribution in [0.3, 0.4) is 0 Å². The average Bonchev–Trinajstić information content (AvgIpc) is 3.00. The molecule has 0 radical (unpaired) electrons. The first-order valence-electron chi connectivity index (χ1n) is 9.57. The Kier molecular flexibility index (Phi) is 5.12. The van der Waals surface area contributed by atoms with Gasteiger partial charge in [0.1, 0.15) is 10.7 Å². The number of likely N-dealkylation sites (tertiary alicyclic amines) is 1. The number of benzene rings is 2. The molecular formula is C21H22FN3O3S. The van der Waals surface area contributed by atoms with Crippen molar-refractivity contribution >= 4 is 21.8 Å². The molecule has 1 unspecified atom stereocenters. The third-order valence-corrected chi connectivity index (χ3v) is 6.73. The summed E-state index contributed by atoms with van der Waals surface area (Å²) in [5.41, 5.74) is 1.86. The van der Waals surface area contributed by atoms with Crippen LogP contribution in [0.25, 0.3) is 0 Å². The molecule has 29 heavy (non-hydrogen) atoms. The molecule has 4 rings (SSSR count). The number of aryl methyl sites for hydroxylation is 1. The first kappa shape index (κ1) is 19.6. The van der Waals surface area contributed by atoms with E-state index in [0.717, 1.165) is 6.42 Å². The Morgan fingerprint density at radius 1 is 1.28 bits per heavy atom. The van der Waals surface area contributed by atoms with Crippen LogP contribution < -0.4 is 5.32 Å². The van der Waals surface area contributed by atoms with Crippen LogP contribution in [0.15, 0.2) is 51.8 Å². The van der Waals surface area contributed by atoms with Gasteiger partial charge in [-0.2, -0.15) is 8.42 Å². The first-order chi connectivity index (χ1) is 13.8. The molecule has 0 saturated carbocycles. The lowest BCUT2D eigenvalue weighted by molar-refractivity contribution is -0.126. The summed E-state index contributed by atoms with van der Waals surface area (Å²) >= 11 is 0. The Balaban J connectivity index is 1.45. The molecule has 0 bridgehead atoms. The summed E-state index contributed by atoms with van der Waals surface area (Å²) in [5.74, 6) is -0.277. The van der Waals surface area contributed by atoms with Crippen molar-refractivity contribution in [2.24, 2.45) is 10.3 Å². The van der Waals surface area contributed by atoms with Crippen molar-refractivity contribution < 1.29 is 17.6 Å². The molecule has 1 atom stereocenters. The van der Waals surface area contributed by atoms with Gasteiger partial charge in [0.2, 0.25) is 5.91 Å². The zero-order valence-corrected chi connectivity index (χ0v) is 16.9. The number of sulfonamides is 1. The maximum Gasteiger partial charge on any atom is 0.285 e. The van der Waals surface area contributed by atoms with Crippen molar-refractivity contribution in [1.29, 1.82) is 0 Å². The number of nitrogens with zero attached hydrogens (tertiary/aromatic N) is 2. The van der Waals surface area contributed by atoms with Gasteiger partial charge >= 0.3 is 0 Å². The van der Waals surface area contributed by atoms with Crippen LogP contribution in [0.4, 0.5) is 4.39 Å². The van der Waals surface area contributed by atoms with Crippen molar-refractivity contribution in [1.82, 2.24) is 10.2 Å². The van der Waals surface area contributed by atoms with E-state index in [0.29, 0.717) is 42.0 Å². The van der Waals surface area contributed by atoms with Gasteiger partial charge in [0.05, 0.1) is 5.92 Å². The molecule has 2 aliphatic heterocycles. The monoisotopic (exact) mass is 415 g/mol. The smallest absolute Gasteiger partial charge is 0.285 e. The predicted molar refractivity (Wildman–Crippen MR) is 107 cm³/mol. The maximum absolute atomic E-state index is 13.7. The highest BCUT2D eigenvalue weighted by molar-refractivity contribution is 7.90. The number of carbonyl (C=O) groups is 1. The minimum atomic E-state index is -3.69. The van der Waals surface area contributed by atoms with Crippen molar-refractivity contribution in [3.63, 3.8) is 0 Å². The van der Waals surface area contributed by atoms with Gasteiger partial charge in [0, 0.05) is 25.2 Å². The van der Waals surface area contributed by atoms with E-state index >= 15 is 0 Å². The van der Waals surface area contributed by atoms with Gasteiger partial charge in [-0.15, -0.1) is 4.40 Å². The quantitative estimate of drug-likeness (QED) is 0.836. The predicted octanol–water partition coefficient (Wildman–Crippen LogP) is 2.61. The van der Waals surface area contributed by atoms with E-state index < -0.39 is 10.0 Å². The number of hydrogen-bond donors (Lipinski definition) is 1. The fourth-order valence-corrected chi connectivity index (χ4v) is 5.01. The number of fused-ring (bicyclic) bond motifs is 1. The molecule has 1 saturated heterocycles. The van der Waals surface area contributed by atoms with Crippen LogP contribution in [0, 0.1) is 18.7 Å². The minimum Gasteiger partial charge on any atom is -0.355 e. The first-order valence-corrected chi connectivity index (χ1v) is 11.0. The van der Waals surface area contributed by atoms with E-state index in [9.17, 15) is 17.6 Å². The molecule has 2 heterocycles. The summed E-state index contributed by atoms with van der Waals surface area (Å²) in [6, 6.07) is 11.7. The summed E-state index contributed by atoms with van der Waals surface area (Å²) in [7, 11) is -3.69. The molecule has 1 N–H and O–H groups in total. The number of piperidine rings is 1. The van der Waals surface area contributed by atoms with E-state index in [1.165, 1.54) is 6.07 Å². The highest BCUT2D eigenvalue weighted by Gasteiger charge is 2.35. The third kappa shape index (κ3) is 3.89. The number of amidine groups is 1. The van der Waals surface area contributed by atoms with E-state index in [2.05, 4.69) is 9.71 Å². The van der Waals surface area contributed by atoms with Gasteiger partial charge in [0.15, 0.2) is 5.84 Å². The summed E-state index contributed by atoms with van der Waals surface area (Å²) < 4.78 is 42.3.